The quantitative estimate of drug-likeness (QED) is 0.930. The number of hydrogen-bond acceptors (Lipinski definition) is 4. The van der Waals surface area contributed by atoms with Gasteiger partial charge < -0.3 is 10.1 Å². The summed E-state index contributed by atoms with van der Waals surface area (Å²) in [7, 11) is 0. The van der Waals surface area contributed by atoms with E-state index >= 15 is 0 Å². The van der Waals surface area contributed by atoms with Gasteiger partial charge in [-0.1, -0.05) is 23.4 Å². The normalized spacial score (nSPS) is 23.9. The molecule has 3 heterocycles. The van der Waals surface area contributed by atoms with E-state index in [2.05, 4.69) is 16.4 Å². The van der Waals surface area contributed by atoms with Crippen molar-refractivity contribution in [2.24, 2.45) is 4.99 Å². The van der Waals surface area contributed by atoms with Gasteiger partial charge in [-0.2, -0.15) is 0 Å². The van der Waals surface area contributed by atoms with Crippen LogP contribution in [0.25, 0.3) is 0 Å². The fraction of sp³-hybridized carbons (Fsp3) is 0.615. The van der Waals surface area contributed by atoms with Crippen molar-refractivity contribution in [1.29, 1.82) is 0 Å². The first kappa shape index (κ1) is 13.7. The van der Waals surface area contributed by atoms with Gasteiger partial charge in [0.2, 0.25) is 0 Å². The van der Waals surface area contributed by atoms with Crippen molar-refractivity contribution >= 4 is 39.9 Å². The van der Waals surface area contributed by atoms with Crippen LogP contribution in [0.5, 0.6) is 0 Å². The lowest BCUT2D eigenvalue weighted by molar-refractivity contribution is 0.0555. The lowest BCUT2D eigenvalue weighted by atomic mass is 9.93. The number of thiophene rings is 1. The molecule has 2 saturated heterocycles. The van der Waals surface area contributed by atoms with Gasteiger partial charge in [0.1, 0.15) is 0 Å². The molecular weight excluding hydrogens is 300 g/mol. The van der Waals surface area contributed by atoms with E-state index in [0.717, 1.165) is 54.3 Å². The van der Waals surface area contributed by atoms with Gasteiger partial charge in [0.15, 0.2) is 5.17 Å². The van der Waals surface area contributed by atoms with Crippen LogP contribution >= 0.6 is 34.7 Å². The average molecular weight is 317 g/mol. The first-order valence-electron chi connectivity index (χ1n) is 6.53. The molecule has 2 aliphatic rings. The zero-order chi connectivity index (χ0) is 13.1. The molecule has 104 valence electrons. The summed E-state index contributed by atoms with van der Waals surface area (Å²) in [5, 5.41) is 4.71. The predicted octanol–water partition coefficient (Wildman–Crippen LogP) is 3.19. The molecule has 0 amide bonds. The minimum Gasteiger partial charge on any atom is -0.381 e. The van der Waals surface area contributed by atoms with Gasteiger partial charge >= 0.3 is 0 Å². The maximum Gasteiger partial charge on any atom is 0.157 e. The molecule has 0 saturated carbocycles. The third kappa shape index (κ3) is 3.45. The average Bonchev–Trinajstić information content (AvgIpc) is 2.99. The topological polar surface area (TPSA) is 33.6 Å². The Morgan fingerprint density at radius 1 is 1.37 bits per heavy atom. The summed E-state index contributed by atoms with van der Waals surface area (Å²) in [6.45, 7) is 2.57. The summed E-state index contributed by atoms with van der Waals surface area (Å²) in [5.74, 6) is 1.13. The summed E-state index contributed by atoms with van der Waals surface area (Å²) in [6.07, 6.45) is 3.17. The van der Waals surface area contributed by atoms with Crippen molar-refractivity contribution < 1.29 is 4.74 Å². The summed E-state index contributed by atoms with van der Waals surface area (Å²) >= 11 is 9.41. The maximum absolute atomic E-state index is 5.92. The second kappa shape index (κ2) is 6.04. The highest BCUT2D eigenvalue weighted by Gasteiger charge is 2.38. The molecule has 1 aromatic heterocycles. The van der Waals surface area contributed by atoms with E-state index in [-0.39, 0.29) is 5.54 Å². The van der Waals surface area contributed by atoms with E-state index in [9.17, 15) is 0 Å². The highest BCUT2D eigenvalue weighted by atomic mass is 35.5. The molecule has 19 heavy (non-hydrogen) atoms. The fourth-order valence-corrected chi connectivity index (χ4v) is 4.70. The molecule has 3 rings (SSSR count). The van der Waals surface area contributed by atoms with E-state index in [4.69, 9.17) is 16.3 Å². The van der Waals surface area contributed by atoms with Crippen LogP contribution in [0.15, 0.2) is 17.1 Å². The first-order chi connectivity index (χ1) is 9.26. The number of thioether (sulfide) groups is 1. The molecule has 1 N–H and O–H groups in total. The smallest absolute Gasteiger partial charge is 0.157 e. The molecule has 3 nitrogen and oxygen atoms in total. The van der Waals surface area contributed by atoms with E-state index in [1.165, 1.54) is 4.88 Å². The molecule has 2 fully saturated rings. The van der Waals surface area contributed by atoms with Crippen molar-refractivity contribution in [3.8, 4) is 0 Å². The second-order valence-corrected chi connectivity index (χ2v) is 7.71. The molecule has 1 aromatic rings. The minimum absolute atomic E-state index is 0.244. The Balaban J connectivity index is 1.51. The van der Waals surface area contributed by atoms with E-state index < -0.39 is 0 Å². The van der Waals surface area contributed by atoms with Crippen LogP contribution in [0.1, 0.15) is 17.7 Å². The van der Waals surface area contributed by atoms with Crippen LogP contribution in [0, 0.1) is 0 Å². The molecule has 0 unspecified atom stereocenters. The Bertz CT molecular complexity index is 469. The van der Waals surface area contributed by atoms with Gasteiger partial charge in [0.05, 0.1) is 9.88 Å². The Kier molecular flexibility index (Phi) is 4.37. The number of ether oxygens (including phenoxy) is 1. The van der Waals surface area contributed by atoms with Crippen molar-refractivity contribution in [2.45, 2.75) is 24.8 Å². The number of halogens is 1. The van der Waals surface area contributed by atoms with E-state index in [1.54, 1.807) is 11.3 Å². The van der Waals surface area contributed by atoms with Crippen LogP contribution < -0.4 is 5.32 Å². The lowest BCUT2D eigenvalue weighted by Crippen LogP contribution is -2.48. The first-order valence-corrected chi connectivity index (χ1v) is 8.71. The molecule has 0 aliphatic carbocycles. The highest BCUT2D eigenvalue weighted by molar-refractivity contribution is 8.14. The third-order valence-electron chi connectivity index (χ3n) is 3.55. The molecule has 0 radical (unpaired) electrons. The zero-order valence-electron chi connectivity index (χ0n) is 10.7. The summed E-state index contributed by atoms with van der Waals surface area (Å²) in [4.78, 5) is 5.97. The Hall–Kier alpha value is -0.230. The number of nitrogens with zero attached hydrogens (tertiary/aromatic N) is 1. The van der Waals surface area contributed by atoms with Crippen molar-refractivity contribution in [1.82, 2.24) is 5.32 Å². The van der Waals surface area contributed by atoms with Crippen LogP contribution in [0.3, 0.4) is 0 Å². The van der Waals surface area contributed by atoms with Crippen molar-refractivity contribution in [3.05, 3.63) is 21.3 Å². The molecule has 0 bridgehead atoms. The number of amidine groups is 1. The lowest BCUT2D eigenvalue weighted by Gasteiger charge is -2.32. The highest BCUT2D eigenvalue weighted by Crippen LogP contribution is 2.31. The molecule has 0 atom stereocenters. The fourth-order valence-electron chi connectivity index (χ4n) is 2.38. The number of aliphatic imine (C=N–C) groups is 1. The van der Waals surface area contributed by atoms with Crippen molar-refractivity contribution in [3.63, 3.8) is 0 Å². The Morgan fingerprint density at radius 3 is 2.95 bits per heavy atom. The predicted molar refractivity (Wildman–Crippen MR) is 83.7 cm³/mol. The number of hydrogen-bond donors (Lipinski definition) is 1. The minimum atomic E-state index is 0.244. The number of rotatable bonds is 3. The second-order valence-electron chi connectivity index (χ2n) is 4.95. The molecular formula is C13H17ClN2OS2. The van der Waals surface area contributed by atoms with E-state index in [0.29, 0.717) is 0 Å². The Morgan fingerprint density at radius 2 is 2.21 bits per heavy atom. The van der Waals surface area contributed by atoms with Crippen LogP contribution in [-0.2, 0) is 11.2 Å². The van der Waals surface area contributed by atoms with Gasteiger partial charge in [-0.05, 0) is 25.0 Å². The number of nitrogens with one attached hydrogen (secondary N) is 1. The molecule has 0 aromatic carbocycles. The standard InChI is InChI=1S/C13H17ClN2OS2/c14-11-2-1-10(19-11)3-6-15-12-16-13(9-18-12)4-7-17-8-5-13/h1-2H,3-9H2,(H,15,16). The summed E-state index contributed by atoms with van der Waals surface area (Å²) in [6, 6.07) is 4.04. The third-order valence-corrected chi connectivity index (χ3v) is 6.04. The molecule has 1 spiro atoms. The van der Waals surface area contributed by atoms with Gasteiger partial charge in [0, 0.05) is 36.8 Å². The van der Waals surface area contributed by atoms with Crippen molar-refractivity contribution in [2.75, 3.05) is 25.5 Å². The molecule has 6 heteroatoms. The Labute approximate surface area is 126 Å². The maximum atomic E-state index is 5.92. The molecule has 2 aliphatic heterocycles. The van der Waals surface area contributed by atoms with Gasteiger partial charge in [-0.25, -0.2) is 0 Å². The summed E-state index contributed by atoms with van der Waals surface area (Å²) in [5.41, 5.74) is 0.244. The summed E-state index contributed by atoms with van der Waals surface area (Å²) < 4.78 is 6.29. The van der Waals surface area contributed by atoms with E-state index in [1.807, 2.05) is 17.8 Å². The van der Waals surface area contributed by atoms with Crippen LogP contribution in [0.2, 0.25) is 4.34 Å². The van der Waals surface area contributed by atoms with Gasteiger partial charge in [-0.15, -0.1) is 11.3 Å². The zero-order valence-corrected chi connectivity index (χ0v) is 13.0. The van der Waals surface area contributed by atoms with Crippen LogP contribution in [-0.4, -0.2) is 36.2 Å². The largest absolute Gasteiger partial charge is 0.381 e. The van der Waals surface area contributed by atoms with Gasteiger partial charge in [-0.3, -0.25) is 4.99 Å². The SMILES string of the molecule is Clc1ccc(CCN=C2NC3(CCOCC3)CS2)s1. The van der Waals surface area contributed by atoms with Gasteiger partial charge in [0.25, 0.3) is 0 Å². The monoisotopic (exact) mass is 316 g/mol. The van der Waals surface area contributed by atoms with Crippen LogP contribution in [0.4, 0.5) is 0 Å².